The first-order valence-corrected chi connectivity index (χ1v) is 10.6. The minimum Gasteiger partial charge on any atom is -0.353 e. The Morgan fingerprint density at radius 2 is 1.90 bits per heavy atom. The predicted molar refractivity (Wildman–Crippen MR) is 124 cm³/mol. The van der Waals surface area contributed by atoms with E-state index in [9.17, 15) is 4.79 Å². The molecular formula is C26H27N3O. The van der Waals surface area contributed by atoms with Gasteiger partial charge in [0.25, 0.3) is 0 Å². The van der Waals surface area contributed by atoms with Gasteiger partial charge in [0.15, 0.2) is 0 Å². The molecular weight excluding hydrogens is 370 g/mol. The second-order valence-electron chi connectivity index (χ2n) is 7.65. The predicted octanol–water partition coefficient (Wildman–Crippen LogP) is 6.06. The molecule has 2 heterocycles. The molecule has 2 N–H and O–H groups in total. The summed E-state index contributed by atoms with van der Waals surface area (Å²) in [6.07, 6.45) is 4.80. The van der Waals surface area contributed by atoms with E-state index in [0.717, 1.165) is 47.4 Å². The van der Waals surface area contributed by atoms with Crippen molar-refractivity contribution in [2.75, 3.05) is 5.32 Å². The Labute approximate surface area is 177 Å². The minimum atomic E-state index is 0.0614. The van der Waals surface area contributed by atoms with Gasteiger partial charge in [-0.25, -0.2) is 0 Å². The van der Waals surface area contributed by atoms with E-state index in [1.54, 1.807) is 0 Å². The van der Waals surface area contributed by atoms with Crippen LogP contribution in [0.5, 0.6) is 0 Å². The van der Waals surface area contributed by atoms with Crippen molar-refractivity contribution in [3.8, 4) is 11.4 Å². The first kappa shape index (κ1) is 19.9. The summed E-state index contributed by atoms with van der Waals surface area (Å²) in [5.74, 6) is 0.0614. The standard InChI is InChI=1S/C26H27N3O/c1-3-19-9-4-5-11-22(19)28-25(30)13-8-10-20-21-17-18(2)14-15-23(21)29-26(20)24-12-6-7-16-27-24/h4-7,9,11-12,14-17,29H,3,8,10,13H2,1-2H3,(H,28,30). The molecule has 4 aromatic rings. The highest BCUT2D eigenvalue weighted by atomic mass is 16.1. The zero-order valence-corrected chi connectivity index (χ0v) is 17.5. The van der Waals surface area contributed by atoms with Gasteiger partial charge in [0.1, 0.15) is 0 Å². The van der Waals surface area contributed by atoms with Gasteiger partial charge in [-0.15, -0.1) is 0 Å². The van der Waals surface area contributed by atoms with Gasteiger partial charge in [-0.05, 0) is 67.6 Å². The number of aromatic nitrogens is 2. The van der Waals surface area contributed by atoms with E-state index in [0.29, 0.717) is 6.42 Å². The molecule has 0 atom stereocenters. The van der Waals surface area contributed by atoms with Crippen molar-refractivity contribution >= 4 is 22.5 Å². The number of amides is 1. The Bertz CT molecular complexity index is 1160. The Morgan fingerprint density at radius 1 is 1.07 bits per heavy atom. The largest absolute Gasteiger partial charge is 0.353 e. The Balaban J connectivity index is 1.52. The maximum atomic E-state index is 12.6. The van der Waals surface area contributed by atoms with Gasteiger partial charge < -0.3 is 10.3 Å². The molecule has 4 nitrogen and oxygen atoms in total. The number of benzene rings is 2. The van der Waals surface area contributed by atoms with Gasteiger partial charge in [-0.3, -0.25) is 9.78 Å². The highest BCUT2D eigenvalue weighted by Gasteiger charge is 2.15. The van der Waals surface area contributed by atoms with Gasteiger partial charge in [-0.1, -0.05) is 42.8 Å². The van der Waals surface area contributed by atoms with Crippen molar-refractivity contribution in [3.05, 3.63) is 83.6 Å². The fourth-order valence-electron chi connectivity index (χ4n) is 3.94. The van der Waals surface area contributed by atoms with Crippen molar-refractivity contribution in [1.82, 2.24) is 9.97 Å². The van der Waals surface area contributed by atoms with E-state index in [4.69, 9.17) is 0 Å². The molecule has 0 bridgehead atoms. The summed E-state index contributed by atoms with van der Waals surface area (Å²) in [6, 6.07) is 20.4. The maximum Gasteiger partial charge on any atom is 0.224 e. The number of hydrogen-bond acceptors (Lipinski definition) is 2. The fourth-order valence-corrected chi connectivity index (χ4v) is 3.94. The normalized spacial score (nSPS) is 11.0. The van der Waals surface area contributed by atoms with Gasteiger partial charge in [0, 0.05) is 29.2 Å². The van der Waals surface area contributed by atoms with Gasteiger partial charge in [0.2, 0.25) is 5.91 Å². The number of nitrogens with zero attached hydrogens (tertiary/aromatic N) is 1. The lowest BCUT2D eigenvalue weighted by atomic mass is 10.0. The van der Waals surface area contributed by atoms with Gasteiger partial charge in [0.05, 0.1) is 11.4 Å². The third-order valence-corrected chi connectivity index (χ3v) is 5.49. The number of carbonyl (C=O) groups is 1. The van der Waals surface area contributed by atoms with Crippen LogP contribution < -0.4 is 5.32 Å². The van der Waals surface area contributed by atoms with E-state index in [1.807, 2.05) is 42.6 Å². The van der Waals surface area contributed by atoms with Crippen LogP contribution in [-0.2, 0) is 17.6 Å². The molecule has 0 fully saturated rings. The van der Waals surface area contributed by atoms with Crippen molar-refractivity contribution in [1.29, 1.82) is 0 Å². The van der Waals surface area contributed by atoms with Crippen molar-refractivity contribution in [2.45, 2.75) is 39.5 Å². The van der Waals surface area contributed by atoms with Crippen LogP contribution in [0.2, 0.25) is 0 Å². The molecule has 2 aromatic carbocycles. The fraction of sp³-hybridized carbons (Fsp3) is 0.231. The lowest BCUT2D eigenvalue weighted by molar-refractivity contribution is -0.116. The molecule has 0 radical (unpaired) electrons. The van der Waals surface area contributed by atoms with Crippen LogP contribution in [-0.4, -0.2) is 15.9 Å². The van der Waals surface area contributed by atoms with E-state index < -0.39 is 0 Å². The molecule has 4 rings (SSSR count). The summed E-state index contributed by atoms with van der Waals surface area (Å²) in [6.45, 7) is 4.21. The van der Waals surface area contributed by atoms with E-state index in [-0.39, 0.29) is 5.91 Å². The number of H-pyrrole nitrogens is 1. The molecule has 152 valence electrons. The van der Waals surface area contributed by atoms with Gasteiger partial charge >= 0.3 is 0 Å². The molecule has 0 saturated heterocycles. The third kappa shape index (κ3) is 4.28. The number of aromatic amines is 1. The summed E-state index contributed by atoms with van der Waals surface area (Å²) in [4.78, 5) is 20.6. The second-order valence-corrected chi connectivity index (χ2v) is 7.65. The number of hydrogen-bond donors (Lipinski definition) is 2. The molecule has 0 spiro atoms. The first-order chi connectivity index (χ1) is 14.7. The Kier molecular flexibility index (Phi) is 5.94. The first-order valence-electron chi connectivity index (χ1n) is 10.6. The number of nitrogens with one attached hydrogen (secondary N) is 2. The lowest BCUT2D eigenvalue weighted by Crippen LogP contribution is -2.12. The molecule has 0 aliphatic heterocycles. The van der Waals surface area contributed by atoms with Crippen LogP contribution in [0.4, 0.5) is 5.69 Å². The molecule has 0 aliphatic carbocycles. The van der Waals surface area contributed by atoms with Crippen LogP contribution in [0.15, 0.2) is 66.9 Å². The summed E-state index contributed by atoms with van der Waals surface area (Å²) < 4.78 is 0. The van der Waals surface area contributed by atoms with Gasteiger partial charge in [-0.2, -0.15) is 0 Å². The van der Waals surface area contributed by atoms with E-state index in [1.165, 1.54) is 16.5 Å². The van der Waals surface area contributed by atoms with Crippen LogP contribution in [0.1, 0.15) is 36.5 Å². The molecule has 0 unspecified atom stereocenters. The number of pyridine rings is 1. The minimum absolute atomic E-state index is 0.0614. The quantitative estimate of drug-likeness (QED) is 0.398. The van der Waals surface area contributed by atoms with Crippen LogP contribution >= 0.6 is 0 Å². The average Bonchev–Trinajstić information content (AvgIpc) is 3.12. The monoisotopic (exact) mass is 397 g/mol. The second kappa shape index (κ2) is 8.95. The highest BCUT2D eigenvalue weighted by molar-refractivity contribution is 5.92. The topological polar surface area (TPSA) is 57.8 Å². The summed E-state index contributed by atoms with van der Waals surface area (Å²) in [5, 5.41) is 4.29. The molecule has 30 heavy (non-hydrogen) atoms. The number of rotatable bonds is 7. The highest BCUT2D eigenvalue weighted by Crippen LogP contribution is 2.31. The van der Waals surface area contributed by atoms with E-state index in [2.05, 4.69) is 53.4 Å². The molecule has 4 heteroatoms. The zero-order chi connectivity index (χ0) is 20.9. The van der Waals surface area contributed by atoms with Crippen molar-refractivity contribution in [3.63, 3.8) is 0 Å². The lowest BCUT2D eigenvalue weighted by Gasteiger charge is -2.10. The van der Waals surface area contributed by atoms with Crippen LogP contribution in [0.3, 0.4) is 0 Å². The summed E-state index contributed by atoms with van der Waals surface area (Å²) in [7, 11) is 0. The number of carbonyl (C=O) groups excluding carboxylic acids is 1. The summed E-state index contributed by atoms with van der Waals surface area (Å²) in [5.41, 5.74) is 7.63. The number of para-hydroxylation sites is 1. The number of fused-ring (bicyclic) bond motifs is 1. The zero-order valence-electron chi connectivity index (χ0n) is 17.5. The Hall–Kier alpha value is -3.40. The van der Waals surface area contributed by atoms with Crippen LogP contribution in [0, 0.1) is 6.92 Å². The average molecular weight is 398 g/mol. The Morgan fingerprint density at radius 3 is 2.70 bits per heavy atom. The SMILES string of the molecule is CCc1ccccc1NC(=O)CCCc1c(-c2ccccn2)[nH]c2ccc(C)cc12. The molecule has 2 aromatic heterocycles. The van der Waals surface area contributed by atoms with Crippen molar-refractivity contribution < 1.29 is 4.79 Å². The van der Waals surface area contributed by atoms with Crippen LogP contribution in [0.25, 0.3) is 22.3 Å². The van der Waals surface area contributed by atoms with E-state index >= 15 is 0 Å². The molecule has 0 aliphatic rings. The number of aryl methyl sites for hydroxylation is 3. The van der Waals surface area contributed by atoms with Crippen molar-refractivity contribution in [2.24, 2.45) is 0 Å². The summed E-state index contributed by atoms with van der Waals surface area (Å²) >= 11 is 0. The maximum absolute atomic E-state index is 12.6. The smallest absolute Gasteiger partial charge is 0.224 e. The third-order valence-electron chi connectivity index (χ3n) is 5.49. The number of anilines is 1. The molecule has 1 amide bonds. The molecule has 0 saturated carbocycles.